The topological polar surface area (TPSA) is 199 Å². The van der Waals surface area contributed by atoms with Crippen LogP contribution in [0.5, 0.6) is 0 Å². The van der Waals surface area contributed by atoms with Crippen LogP contribution in [0.1, 0.15) is 72.1 Å². The molecule has 0 saturated heterocycles. The van der Waals surface area contributed by atoms with E-state index in [0.29, 0.717) is 13.0 Å². The van der Waals surface area contributed by atoms with Gasteiger partial charge in [-0.05, 0) is 86.6 Å². The molecule has 0 rings (SSSR count). The molecule has 2 atom stereocenters. The van der Waals surface area contributed by atoms with Gasteiger partial charge in [0.25, 0.3) is 11.3 Å². The molecule has 0 aromatic rings. The monoisotopic (exact) mass is 1220 g/mol. The summed E-state index contributed by atoms with van der Waals surface area (Å²) in [4.78, 5) is 22.5. The van der Waals surface area contributed by atoms with E-state index in [1.54, 1.807) is 38.9 Å². The van der Waals surface area contributed by atoms with Crippen LogP contribution in [0, 0.1) is 18.8 Å². The zero-order chi connectivity index (χ0) is 60.6. The predicted molar refractivity (Wildman–Crippen MR) is 228 cm³/mol. The van der Waals surface area contributed by atoms with Crippen LogP contribution in [0.4, 0.5) is 87.8 Å². The molecular formula is C38H62ClF20N4NaO9S2. The molecule has 448 valence electrons. The van der Waals surface area contributed by atoms with Crippen LogP contribution in [0.15, 0.2) is 12.7 Å². The van der Waals surface area contributed by atoms with E-state index in [1.807, 2.05) is 11.6 Å². The van der Waals surface area contributed by atoms with E-state index in [9.17, 15) is 115 Å². The van der Waals surface area contributed by atoms with Crippen LogP contribution >= 0.6 is 11.6 Å². The van der Waals surface area contributed by atoms with E-state index in [0.717, 1.165) is 0 Å². The Morgan fingerprint density at radius 1 is 0.627 bits per heavy atom. The number of hydrogen-bond donors (Lipinski definition) is 3. The quantitative estimate of drug-likeness (QED) is 0.0296. The second-order valence-electron chi connectivity index (χ2n) is 15.0. The van der Waals surface area contributed by atoms with E-state index in [1.165, 1.54) is 11.9 Å². The molecule has 0 aliphatic heterocycles. The number of aliphatic carboxylic acids is 2. The maximum atomic E-state index is 13.7. The van der Waals surface area contributed by atoms with Gasteiger partial charge in [0.1, 0.15) is 0 Å². The average Bonchev–Trinajstić information content (AvgIpc) is 3.19. The summed E-state index contributed by atoms with van der Waals surface area (Å²) in [6.45, 7) is 12.0. The Bertz CT molecular complexity index is 1710. The third-order valence-corrected chi connectivity index (χ3v) is 11.5. The number of halogens is 21. The number of nitrogens with one attached hydrogen (secondary N) is 2. The molecule has 0 heterocycles. The summed E-state index contributed by atoms with van der Waals surface area (Å²) in [6, 6.07) is 0. The zero-order valence-electron chi connectivity index (χ0n) is 41.5. The summed E-state index contributed by atoms with van der Waals surface area (Å²) in [7, 11) is -3.55. The second-order valence-corrected chi connectivity index (χ2v) is 19.2. The molecule has 0 aliphatic rings. The molecule has 0 bridgehead atoms. The van der Waals surface area contributed by atoms with Crippen molar-refractivity contribution in [3.63, 3.8) is 0 Å². The SMILES string of the molecule is C=CC.CCO.CN(C)CCCNS(=O)(=O)CCCC(CC(F)(C(F)(F)F)C(F)(F)F)C(F)(F)F.CN(CCCNS(=O)(=O)CCCC(CC(F)(C(F)(F)F)C(F)(F)F)C(F)(F)F)CC(=O)[O-].O=C([O-])CCl.[CH2+]C.[Na+]. The van der Waals surface area contributed by atoms with Gasteiger partial charge in [0.05, 0.1) is 55.0 Å². The number of carbonyl (C=O) groups is 2. The summed E-state index contributed by atoms with van der Waals surface area (Å²) in [6.07, 6.45) is -46.3. The number of allylic oxidation sites excluding steroid dienone is 1. The number of sulfonamides is 2. The minimum atomic E-state index is -6.66. The first-order chi connectivity index (χ1) is 32.9. The van der Waals surface area contributed by atoms with Crippen LogP contribution in [0.25, 0.3) is 0 Å². The normalized spacial score (nSPS) is 13.6. The second kappa shape index (κ2) is 39.5. The minimum absolute atomic E-state index is 0. The van der Waals surface area contributed by atoms with E-state index in [4.69, 9.17) is 15.0 Å². The minimum Gasteiger partial charge on any atom is -0.549 e. The molecule has 0 aliphatic carbocycles. The first kappa shape index (κ1) is 87.0. The Kier molecular flexibility index (Phi) is 45.8. The maximum Gasteiger partial charge on any atom is 1.00 e. The van der Waals surface area contributed by atoms with Crippen molar-refractivity contribution < 1.29 is 159 Å². The van der Waals surface area contributed by atoms with Crippen LogP contribution < -0.4 is 49.2 Å². The first-order valence-corrected chi connectivity index (χ1v) is 24.7. The standard InChI is InChI=1S/C15H22F10N2O4S.C14H22F10N2O2S.C3H6.C2H3ClO2.C2H6O.C2H5.Na/c1-27(9-11(28)29)6-3-5-26-32(30,31)7-2-4-10(13(17,18)19)8-12(16,14(20,21)22)15(23,24)25;1-26(2)7-4-6-25-29(27,28)8-3-5-10(12(16,17)18)9-11(15,13(19,20)21)14(22,23)24;1-3-2;3-1-2(4)5;1-2-3;1-2;/h10,26H,2-9H2,1H3,(H,28,29);10,25H,3-9H2,1-2H3;3H,1H2,2H3;1H2,(H,4,5);3H,2H2,1H3;1H2,2H3;/q;;;;;2*+1/p-2. The summed E-state index contributed by atoms with van der Waals surface area (Å²) in [5.74, 6) is -11.8. The zero-order valence-corrected chi connectivity index (χ0v) is 45.9. The van der Waals surface area contributed by atoms with Gasteiger partial charge in [-0.1, -0.05) is 6.08 Å². The molecule has 0 saturated carbocycles. The number of carboxylic acids is 2. The van der Waals surface area contributed by atoms with Crippen molar-refractivity contribution in [3.8, 4) is 0 Å². The van der Waals surface area contributed by atoms with Crippen LogP contribution in [0.3, 0.4) is 0 Å². The summed E-state index contributed by atoms with van der Waals surface area (Å²) in [5.41, 5.74) is -12.2. The number of aliphatic hydroxyl groups is 1. The number of alkyl halides is 21. The molecule has 2 unspecified atom stereocenters. The van der Waals surface area contributed by atoms with E-state index < -0.39 is 155 Å². The van der Waals surface area contributed by atoms with Gasteiger partial charge in [-0.25, -0.2) is 35.1 Å². The van der Waals surface area contributed by atoms with Gasteiger partial charge in [-0.15, -0.1) is 18.2 Å². The van der Waals surface area contributed by atoms with E-state index in [2.05, 4.69) is 29.8 Å². The molecule has 37 heteroatoms. The number of likely N-dealkylation sites (N-methyl/N-ethyl adjacent to an activating group) is 1. The molecule has 0 aromatic carbocycles. The van der Waals surface area contributed by atoms with Gasteiger partial charge in [0.2, 0.25) is 20.0 Å². The number of nitrogens with zero attached hydrogens (tertiary/aromatic N) is 2. The Labute approximate surface area is 449 Å². The van der Waals surface area contributed by atoms with Gasteiger partial charge in [0.15, 0.2) is 0 Å². The Balaban J connectivity index is -0.000000198. The van der Waals surface area contributed by atoms with Gasteiger partial charge in [0, 0.05) is 39.1 Å². The van der Waals surface area contributed by atoms with Crippen molar-refractivity contribution in [2.75, 3.05) is 77.9 Å². The smallest absolute Gasteiger partial charge is 0.549 e. The maximum absolute atomic E-state index is 13.7. The molecule has 0 radical (unpaired) electrons. The molecule has 75 heavy (non-hydrogen) atoms. The average molecular weight is 1220 g/mol. The fourth-order valence-electron chi connectivity index (χ4n) is 4.91. The fourth-order valence-corrected chi connectivity index (χ4v) is 7.20. The summed E-state index contributed by atoms with van der Waals surface area (Å²) in [5, 5.41) is 27.0. The number of carboxylic acid groups (broad SMARTS) is 2. The number of carbonyl (C=O) groups excluding carboxylic acids is 2. The van der Waals surface area contributed by atoms with Crippen LogP contribution in [-0.2, 0) is 29.6 Å². The largest absolute Gasteiger partial charge is 1.00 e. The Hall–Kier alpha value is -1.86. The van der Waals surface area contributed by atoms with Crippen LogP contribution in [0.2, 0.25) is 0 Å². The first-order valence-electron chi connectivity index (χ1n) is 20.9. The molecule has 0 amide bonds. The number of aliphatic hydroxyl groups excluding tert-OH is 1. The van der Waals surface area contributed by atoms with Crippen molar-refractivity contribution in [2.45, 2.75) is 121 Å². The van der Waals surface area contributed by atoms with Gasteiger partial charge in [-0.3, -0.25) is 0 Å². The van der Waals surface area contributed by atoms with Crippen molar-refractivity contribution in [2.24, 2.45) is 11.8 Å². The number of hydrogen-bond acceptors (Lipinski definition) is 11. The summed E-state index contributed by atoms with van der Waals surface area (Å²) < 4.78 is 306. The summed E-state index contributed by atoms with van der Waals surface area (Å²) >= 11 is 4.67. The molecular weight excluding hydrogens is 1160 g/mol. The predicted octanol–water partition coefficient (Wildman–Crippen LogP) is 4.21. The molecule has 3 N–H and O–H groups in total. The van der Waals surface area contributed by atoms with Crippen molar-refractivity contribution in [1.82, 2.24) is 19.2 Å². The third kappa shape index (κ3) is 41.8. The molecule has 13 nitrogen and oxygen atoms in total. The molecule has 0 fully saturated rings. The number of rotatable bonds is 25. The van der Waals surface area contributed by atoms with Gasteiger partial charge >= 0.3 is 66.6 Å². The van der Waals surface area contributed by atoms with Crippen molar-refractivity contribution in [1.29, 1.82) is 0 Å². The van der Waals surface area contributed by atoms with Crippen LogP contribution in [-0.4, -0.2) is 170 Å². The van der Waals surface area contributed by atoms with Crippen molar-refractivity contribution in [3.05, 3.63) is 19.6 Å². The molecule has 0 spiro atoms. The fraction of sp³-hybridized carbons (Fsp3) is 0.868. The Morgan fingerprint density at radius 2 is 0.880 bits per heavy atom. The van der Waals surface area contributed by atoms with Gasteiger partial charge in [-0.2, -0.15) is 79.0 Å². The van der Waals surface area contributed by atoms with Crippen molar-refractivity contribution >= 4 is 43.6 Å². The van der Waals surface area contributed by atoms with Gasteiger partial charge < -0.3 is 34.7 Å². The van der Waals surface area contributed by atoms with E-state index in [-0.39, 0.29) is 62.2 Å². The third-order valence-electron chi connectivity index (χ3n) is 8.36. The Morgan fingerprint density at radius 3 is 1.08 bits per heavy atom. The molecule has 0 aromatic heterocycles. The van der Waals surface area contributed by atoms with E-state index >= 15 is 0 Å².